The minimum Gasteiger partial charge on any atom is -0.399 e. The Balaban J connectivity index is 2.59. The summed E-state index contributed by atoms with van der Waals surface area (Å²) >= 11 is 0. The fourth-order valence-electron chi connectivity index (χ4n) is 1.62. The number of nitrogens with zero attached hydrogens (tertiary/aromatic N) is 1. The molecule has 0 unspecified atom stereocenters. The van der Waals surface area contributed by atoms with Gasteiger partial charge >= 0.3 is 0 Å². The number of nitrogen functional groups attached to an aromatic ring is 1. The highest BCUT2D eigenvalue weighted by Gasteiger charge is 2.04. The highest BCUT2D eigenvalue weighted by atomic mass is 14.7. The predicted octanol–water partition coefficient (Wildman–Crippen LogP) is 2.95. The fraction of sp³-hybridized carbons (Fsp3) is 0.154. The maximum absolute atomic E-state index is 5.74. The number of pyridine rings is 1. The van der Waals surface area contributed by atoms with E-state index in [4.69, 9.17) is 5.73 Å². The van der Waals surface area contributed by atoms with Crippen LogP contribution in [0, 0.1) is 13.8 Å². The molecule has 2 N–H and O–H groups in total. The van der Waals surface area contributed by atoms with E-state index in [1.165, 1.54) is 11.1 Å². The summed E-state index contributed by atoms with van der Waals surface area (Å²) < 4.78 is 0. The smallest absolute Gasteiger partial charge is 0.0725 e. The standard InChI is InChI=1S/C13H14N2/c1-9-4-3-5-12(10(9)2)13-8-11(14)6-7-15-13/h3-8H,1-2H3,(H2,14,15). The van der Waals surface area contributed by atoms with Crippen molar-refractivity contribution in [3.05, 3.63) is 47.7 Å². The summed E-state index contributed by atoms with van der Waals surface area (Å²) in [6.07, 6.45) is 1.74. The lowest BCUT2D eigenvalue weighted by Gasteiger charge is -2.08. The Morgan fingerprint density at radius 1 is 1.13 bits per heavy atom. The molecule has 0 saturated heterocycles. The number of hydrogen-bond donors (Lipinski definition) is 1. The lowest BCUT2D eigenvalue weighted by Crippen LogP contribution is -1.91. The Morgan fingerprint density at radius 3 is 2.67 bits per heavy atom. The van der Waals surface area contributed by atoms with Gasteiger partial charge in [-0.3, -0.25) is 4.98 Å². The van der Waals surface area contributed by atoms with Gasteiger partial charge in [-0.05, 0) is 37.1 Å². The molecule has 0 saturated carbocycles. The second-order valence-corrected chi connectivity index (χ2v) is 3.72. The molecule has 0 aliphatic heterocycles. The van der Waals surface area contributed by atoms with Crippen LogP contribution < -0.4 is 5.73 Å². The number of hydrogen-bond acceptors (Lipinski definition) is 2. The molecule has 0 spiro atoms. The van der Waals surface area contributed by atoms with Crippen LogP contribution in [-0.4, -0.2) is 4.98 Å². The second kappa shape index (κ2) is 3.73. The van der Waals surface area contributed by atoms with Gasteiger partial charge in [0.25, 0.3) is 0 Å². The largest absolute Gasteiger partial charge is 0.399 e. The molecule has 0 aliphatic rings. The molecule has 1 heterocycles. The average molecular weight is 198 g/mol. The van der Waals surface area contributed by atoms with Crippen molar-refractivity contribution in [1.29, 1.82) is 0 Å². The van der Waals surface area contributed by atoms with Gasteiger partial charge in [0.1, 0.15) is 0 Å². The molecule has 0 fully saturated rings. The van der Waals surface area contributed by atoms with Gasteiger partial charge in [0.05, 0.1) is 5.69 Å². The van der Waals surface area contributed by atoms with Crippen LogP contribution in [0.15, 0.2) is 36.5 Å². The Labute approximate surface area is 89.8 Å². The first kappa shape index (κ1) is 9.71. The molecule has 0 radical (unpaired) electrons. The van der Waals surface area contributed by atoms with E-state index in [0.717, 1.165) is 16.9 Å². The minimum absolute atomic E-state index is 0.751. The molecule has 0 bridgehead atoms. The monoisotopic (exact) mass is 198 g/mol. The molecule has 2 aromatic rings. The second-order valence-electron chi connectivity index (χ2n) is 3.72. The summed E-state index contributed by atoms with van der Waals surface area (Å²) in [6.45, 7) is 4.21. The topological polar surface area (TPSA) is 38.9 Å². The molecule has 0 aliphatic carbocycles. The lowest BCUT2D eigenvalue weighted by atomic mass is 10.0. The van der Waals surface area contributed by atoms with Gasteiger partial charge in [-0.1, -0.05) is 18.2 Å². The third-order valence-electron chi connectivity index (χ3n) is 2.66. The van der Waals surface area contributed by atoms with Gasteiger partial charge < -0.3 is 5.73 Å². The molecule has 2 heteroatoms. The number of anilines is 1. The maximum atomic E-state index is 5.74. The SMILES string of the molecule is Cc1cccc(-c2cc(N)ccn2)c1C. The molecule has 1 aromatic heterocycles. The van der Waals surface area contributed by atoms with E-state index in [0.29, 0.717) is 0 Å². The summed E-state index contributed by atoms with van der Waals surface area (Å²) in [5.41, 5.74) is 11.1. The highest BCUT2D eigenvalue weighted by Crippen LogP contribution is 2.24. The molecule has 1 aromatic carbocycles. The van der Waals surface area contributed by atoms with E-state index in [1.807, 2.05) is 12.1 Å². The summed E-state index contributed by atoms with van der Waals surface area (Å²) in [5, 5.41) is 0. The minimum atomic E-state index is 0.751. The van der Waals surface area contributed by atoms with Crippen molar-refractivity contribution in [2.75, 3.05) is 5.73 Å². The van der Waals surface area contributed by atoms with Gasteiger partial charge in [0.15, 0.2) is 0 Å². The Morgan fingerprint density at radius 2 is 1.93 bits per heavy atom. The lowest BCUT2D eigenvalue weighted by molar-refractivity contribution is 1.28. The van der Waals surface area contributed by atoms with E-state index in [9.17, 15) is 0 Å². The van der Waals surface area contributed by atoms with Gasteiger partial charge in [-0.25, -0.2) is 0 Å². The Bertz CT molecular complexity index is 490. The molecular formula is C13H14N2. The molecule has 76 valence electrons. The molecule has 0 atom stereocenters. The quantitative estimate of drug-likeness (QED) is 0.765. The van der Waals surface area contributed by atoms with Gasteiger partial charge in [0, 0.05) is 17.4 Å². The number of benzene rings is 1. The van der Waals surface area contributed by atoms with Gasteiger partial charge in [0.2, 0.25) is 0 Å². The molecule has 2 rings (SSSR count). The summed E-state index contributed by atoms with van der Waals surface area (Å²) in [4.78, 5) is 4.33. The van der Waals surface area contributed by atoms with Crippen LogP contribution in [0.3, 0.4) is 0 Å². The molecule has 15 heavy (non-hydrogen) atoms. The van der Waals surface area contributed by atoms with Crippen molar-refractivity contribution >= 4 is 5.69 Å². The first-order chi connectivity index (χ1) is 7.18. The summed E-state index contributed by atoms with van der Waals surface area (Å²) in [5.74, 6) is 0. The molecule has 2 nitrogen and oxygen atoms in total. The van der Waals surface area contributed by atoms with E-state index in [-0.39, 0.29) is 0 Å². The van der Waals surface area contributed by atoms with Crippen LogP contribution in [0.4, 0.5) is 5.69 Å². The normalized spacial score (nSPS) is 10.3. The number of nitrogens with two attached hydrogens (primary N) is 1. The molecule has 0 amide bonds. The van der Waals surface area contributed by atoms with Crippen LogP contribution >= 0.6 is 0 Å². The average Bonchev–Trinajstić information content (AvgIpc) is 2.22. The Kier molecular flexibility index (Phi) is 2.42. The number of aryl methyl sites for hydroxylation is 1. The van der Waals surface area contributed by atoms with Crippen LogP contribution in [0.5, 0.6) is 0 Å². The number of aromatic nitrogens is 1. The molecular weight excluding hydrogens is 184 g/mol. The van der Waals surface area contributed by atoms with E-state index in [1.54, 1.807) is 12.3 Å². The Hall–Kier alpha value is -1.83. The van der Waals surface area contributed by atoms with Gasteiger partial charge in [-0.2, -0.15) is 0 Å². The van der Waals surface area contributed by atoms with Crippen molar-refractivity contribution in [2.24, 2.45) is 0 Å². The van der Waals surface area contributed by atoms with Crippen molar-refractivity contribution in [3.63, 3.8) is 0 Å². The first-order valence-corrected chi connectivity index (χ1v) is 4.96. The zero-order valence-electron chi connectivity index (χ0n) is 8.99. The zero-order chi connectivity index (χ0) is 10.8. The third-order valence-corrected chi connectivity index (χ3v) is 2.66. The summed E-state index contributed by atoms with van der Waals surface area (Å²) in [6, 6.07) is 9.92. The van der Waals surface area contributed by atoms with Crippen LogP contribution in [0.1, 0.15) is 11.1 Å². The van der Waals surface area contributed by atoms with E-state index < -0.39 is 0 Å². The van der Waals surface area contributed by atoms with Crippen molar-refractivity contribution in [1.82, 2.24) is 4.98 Å². The van der Waals surface area contributed by atoms with Crippen molar-refractivity contribution in [2.45, 2.75) is 13.8 Å². The predicted molar refractivity (Wildman–Crippen MR) is 63.6 cm³/mol. The summed E-state index contributed by atoms with van der Waals surface area (Å²) in [7, 11) is 0. The maximum Gasteiger partial charge on any atom is 0.0725 e. The van der Waals surface area contributed by atoms with E-state index >= 15 is 0 Å². The third kappa shape index (κ3) is 1.84. The zero-order valence-corrected chi connectivity index (χ0v) is 8.99. The van der Waals surface area contributed by atoms with Crippen molar-refractivity contribution in [3.8, 4) is 11.3 Å². The van der Waals surface area contributed by atoms with Gasteiger partial charge in [-0.15, -0.1) is 0 Å². The fourth-order valence-corrected chi connectivity index (χ4v) is 1.62. The number of rotatable bonds is 1. The van der Waals surface area contributed by atoms with Crippen LogP contribution in [0.25, 0.3) is 11.3 Å². The highest BCUT2D eigenvalue weighted by molar-refractivity contribution is 5.67. The first-order valence-electron chi connectivity index (χ1n) is 4.96. The van der Waals surface area contributed by atoms with Crippen LogP contribution in [-0.2, 0) is 0 Å². The van der Waals surface area contributed by atoms with Crippen molar-refractivity contribution < 1.29 is 0 Å². The van der Waals surface area contributed by atoms with Crippen LogP contribution in [0.2, 0.25) is 0 Å². The van der Waals surface area contributed by atoms with E-state index in [2.05, 4.69) is 31.0 Å².